The van der Waals surface area contributed by atoms with E-state index in [1.807, 2.05) is 13.8 Å². The number of guanidine groups is 1. The summed E-state index contributed by atoms with van der Waals surface area (Å²) in [6, 6.07) is 1.64. The van der Waals surface area contributed by atoms with Gasteiger partial charge < -0.3 is 5.32 Å². The number of hydrogen-bond donors (Lipinski definition) is 3. The van der Waals surface area contributed by atoms with Crippen molar-refractivity contribution in [3.05, 3.63) is 29.6 Å². The molecule has 7 heteroatoms. The van der Waals surface area contributed by atoms with Gasteiger partial charge in [0.15, 0.2) is 17.5 Å². The predicted octanol–water partition coefficient (Wildman–Crippen LogP) is 1.99. The van der Waals surface area contributed by atoms with Crippen molar-refractivity contribution in [2.24, 2.45) is 16.8 Å². The van der Waals surface area contributed by atoms with Gasteiger partial charge in [0.05, 0.1) is 0 Å². The van der Waals surface area contributed by atoms with E-state index in [2.05, 4.69) is 15.7 Å². The van der Waals surface area contributed by atoms with Crippen LogP contribution >= 0.6 is 0 Å². The Labute approximate surface area is 103 Å². The lowest BCUT2D eigenvalue weighted by molar-refractivity contribution is 0.448. The number of halogens is 3. The molecule has 0 saturated carbocycles. The summed E-state index contributed by atoms with van der Waals surface area (Å²) in [6.45, 7) is 4.39. The van der Waals surface area contributed by atoms with Gasteiger partial charge in [-0.2, -0.15) is 0 Å². The van der Waals surface area contributed by atoms with Crippen LogP contribution in [0, 0.1) is 23.4 Å². The van der Waals surface area contributed by atoms with Gasteiger partial charge in [-0.15, -0.1) is 0 Å². The number of nitrogens with zero attached hydrogens (tertiary/aromatic N) is 1. The highest BCUT2D eigenvalue weighted by atomic mass is 19.2. The number of anilines is 1. The number of benzene rings is 1. The molecule has 1 aromatic carbocycles. The van der Waals surface area contributed by atoms with E-state index in [1.54, 1.807) is 0 Å². The highest BCUT2D eigenvalue weighted by Crippen LogP contribution is 2.17. The van der Waals surface area contributed by atoms with Crippen LogP contribution < -0.4 is 16.6 Å². The molecule has 0 atom stereocenters. The van der Waals surface area contributed by atoms with Crippen LogP contribution in [-0.2, 0) is 0 Å². The Hall–Kier alpha value is -1.76. The first-order valence-electron chi connectivity index (χ1n) is 5.36. The van der Waals surface area contributed by atoms with Gasteiger partial charge >= 0.3 is 0 Å². The fraction of sp³-hybridized carbons (Fsp3) is 0.364. The van der Waals surface area contributed by atoms with E-state index in [-0.39, 0.29) is 11.6 Å². The zero-order valence-corrected chi connectivity index (χ0v) is 10.1. The third-order valence-electron chi connectivity index (χ3n) is 2.00. The first-order chi connectivity index (χ1) is 8.43. The molecule has 18 heavy (non-hydrogen) atoms. The van der Waals surface area contributed by atoms with Gasteiger partial charge in [0.1, 0.15) is 0 Å². The molecule has 0 spiro atoms. The highest BCUT2D eigenvalue weighted by Gasteiger charge is 2.11. The summed E-state index contributed by atoms with van der Waals surface area (Å²) >= 11 is 0. The lowest BCUT2D eigenvalue weighted by atomic mass is 10.2. The maximum atomic E-state index is 13.0. The van der Waals surface area contributed by atoms with Gasteiger partial charge in [-0.3, -0.25) is 10.4 Å². The minimum Gasteiger partial charge on any atom is -0.325 e. The highest BCUT2D eigenvalue weighted by molar-refractivity contribution is 5.93. The molecule has 0 radical (unpaired) electrons. The Balaban J connectivity index is 2.85. The number of nitrogens with two attached hydrogens (primary N) is 1. The minimum absolute atomic E-state index is 0.0202. The summed E-state index contributed by atoms with van der Waals surface area (Å²) in [6.07, 6.45) is 0. The molecule has 0 aliphatic heterocycles. The van der Waals surface area contributed by atoms with Crippen molar-refractivity contribution in [3.8, 4) is 0 Å². The molecule has 0 unspecified atom stereocenters. The van der Waals surface area contributed by atoms with Crippen molar-refractivity contribution < 1.29 is 13.2 Å². The van der Waals surface area contributed by atoms with Crippen molar-refractivity contribution in [1.82, 2.24) is 5.43 Å². The average Bonchev–Trinajstić information content (AvgIpc) is 2.31. The van der Waals surface area contributed by atoms with Gasteiger partial charge in [0, 0.05) is 24.4 Å². The molecule has 0 fully saturated rings. The fourth-order valence-electron chi connectivity index (χ4n) is 1.16. The van der Waals surface area contributed by atoms with E-state index in [0.29, 0.717) is 12.5 Å². The van der Waals surface area contributed by atoms with Crippen LogP contribution in [0.5, 0.6) is 0 Å². The molecule has 0 heterocycles. The zero-order chi connectivity index (χ0) is 13.7. The summed E-state index contributed by atoms with van der Waals surface area (Å²) in [4.78, 5) is 4.05. The van der Waals surface area contributed by atoms with Gasteiger partial charge in [-0.25, -0.2) is 19.0 Å². The van der Waals surface area contributed by atoms with Crippen molar-refractivity contribution in [2.75, 3.05) is 11.9 Å². The van der Waals surface area contributed by atoms with Crippen LogP contribution in [0.1, 0.15) is 13.8 Å². The van der Waals surface area contributed by atoms with Crippen molar-refractivity contribution in [3.63, 3.8) is 0 Å². The number of hydrazine groups is 1. The molecular formula is C11H15F3N4. The lowest BCUT2D eigenvalue weighted by Gasteiger charge is -2.10. The number of rotatable bonds is 3. The number of aliphatic imine (C=N–C) groups is 1. The normalized spacial score (nSPS) is 11.8. The molecule has 1 aromatic rings. The first kappa shape index (κ1) is 14.3. The maximum Gasteiger partial charge on any atom is 0.210 e. The van der Waals surface area contributed by atoms with Gasteiger partial charge in [-0.05, 0) is 5.92 Å². The van der Waals surface area contributed by atoms with Crippen molar-refractivity contribution in [1.29, 1.82) is 0 Å². The molecule has 4 nitrogen and oxygen atoms in total. The van der Waals surface area contributed by atoms with Crippen LogP contribution in [0.3, 0.4) is 0 Å². The first-order valence-corrected chi connectivity index (χ1v) is 5.36. The predicted molar refractivity (Wildman–Crippen MR) is 64.4 cm³/mol. The molecule has 0 bridgehead atoms. The second-order valence-corrected chi connectivity index (χ2v) is 4.11. The van der Waals surface area contributed by atoms with Crippen molar-refractivity contribution >= 4 is 11.6 Å². The summed E-state index contributed by atoms with van der Waals surface area (Å²) < 4.78 is 38.7. The third-order valence-corrected chi connectivity index (χ3v) is 2.00. The van der Waals surface area contributed by atoms with E-state index >= 15 is 0 Å². The largest absolute Gasteiger partial charge is 0.325 e. The average molecular weight is 260 g/mol. The Kier molecular flexibility index (Phi) is 4.96. The third kappa shape index (κ3) is 3.92. The van der Waals surface area contributed by atoms with Crippen LogP contribution in [0.15, 0.2) is 17.1 Å². The summed E-state index contributed by atoms with van der Waals surface area (Å²) in [7, 11) is 0. The van der Waals surface area contributed by atoms with E-state index in [1.165, 1.54) is 0 Å². The van der Waals surface area contributed by atoms with Crippen LogP contribution in [0.4, 0.5) is 18.9 Å². The lowest BCUT2D eigenvalue weighted by Crippen LogP contribution is -2.36. The van der Waals surface area contributed by atoms with Crippen molar-refractivity contribution in [2.45, 2.75) is 13.8 Å². The van der Waals surface area contributed by atoms with Gasteiger partial charge in [0.25, 0.3) is 0 Å². The topological polar surface area (TPSA) is 62.4 Å². The molecule has 4 N–H and O–H groups in total. The second-order valence-electron chi connectivity index (χ2n) is 4.11. The monoisotopic (exact) mass is 260 g/mol. The van der Waals surface area contributed by atoms with Gasteiger partial charge in [0.2, 0.25) is 5.96 Å². The molecular weight excluding hydrogens is 245 g/mol. The smallest absolute Gasteiger partial charge is 0.210 e. The Morgan fingerprint density at radius 1 is 1.28 bits per heavy atom. The van der Waals surface area contributed by atoms with Gasteiger partial charge in [-0.1, -0.05) is 13.8 Å². The quantitative estimate of drug-likeness (QED) is 0.256. The van der Waals surface area contributed by atoms with Crippen LogP contribution in [0.2, 0.25) is 0 Å². The molecule has 0 aromatic heterocycles. The van der Waals surface area contributed by atoms with E-state index < -0.39 is 17.5 Å². The van der Waals surface area contributed by atoms with E-state index in [4.69, 9.17) is 5.84 Å². The summed E-state index contributed by atoms with van der Waals surface area (Å²) in [5.41, 5.74) is 2.28. The Morgan fingerprint density at radius 2 is 1.83 bits per heavy atom. The van der Waals surface area contributed by atoms with E-state index in [9.17, 15) is 13.2 Å². The zero-order valence-electron chi connectivity index (χ0n) is 10.1. The molecule has 100 valence electrons. The maximum absolute atomic E-state index is 13.0. The standard InChI is InChI=1S/C11H15F3N4/c1-6(2)5-16-11(18-15)17-7-3-8(12)10(14)9(13)4-7/h3-4,6H,5,15H2,1-2H3,(H2,16,17,18). The van der Waals surface area contributed by atoms with E-state index in [0.717, 1.165) is 12.1 Å². The number of nitrogens with one attached hydrogen (secondary N) is 2. The fourth-order valence-corrected chi connectivity index (χ4v) is 1.16. The molecule has 0 aliphatic carbocycles. The Morgan fingerprint density at radius 3 is 2.28 bits per heavy atom. The van der Waals surface area contributed by atoms with Crippen LogP contribution in [0.25, 0.3) is 0 Å². The van der Waals surface area contributed by atoms with Crippen LogP contribution in [-0.4, -0.2) is 12.5 Å². The summed E-state index contributed by atoms with van der Waals surface area (Å²) in [5, 5.41) is 2.56. The minimum atomic E-state index is -1.51. The molecule has 0 amide bonds. The molecule has 1 rings (SSSR count). The molecule has 0 saturated heterocycles. The SMILES string of the molecule is CC(C)CN=C(NN)Nc1cc(F)c(F)c(F)c1. The summed E-state index contributed by atoms with van der Waals surface area (Å²) in [5.74, 6) is 1.59. The number of hydrogen-bond acceptors (Lipinski definition) is 2. The Bertz CT molecular complexity index is 423. The second kappa shape index (κ2) is 6.25. The molecule has 0 aliphatic rings.